The van der Waals surface area contributed by atoms with E-state index < -0.39 is 0 Å². The summed E-state index contributed by atoms with van der Waals surface area (Å²) in [5, 5.41) is 0. The molecule has 4 heteroatoms. The monoisotopic (exact) mass is 368 g/mol. The summed E-state index contributed by atoms with van der Waals surface area (Å²) in [6, 6.07) is 9.08. The maximum absolute atomic E-state index is 13.4. The second-order valence-electron chi connectivity index (χ2n) is 8.83. The maximum Gasteiger partial charge on any atom is 0.225 e. The van der Waals surface area contributed by atoms with Gasteiger partial charge in [0.2, 0.25) is 11.8 Å². The Labute approximate surface area is 162 Å². The van der Waals surface area contributed by atoms with E-state index in [1.165, 1.54) is 24.0 Å². The number of fused-ring (bicyclic) bond motifs is 1. The van der Waals surface area contributed by atoms with Crippen LogP contribution in [0.5, 0.6) is 0 Å². The van der Waals surface area contributed by atoms with Crippen LogP contribution in [0.1, 0.15) is 76.0 Å². The van der Waals surface area contributed by atoms with Crippen molar-refractivity contribution in [1.29, 1.82) is 0 Å². The summed E-state index contributed by atoms with van der Waals surface area (Å²) in [4.78, 5) is 29.8. The van der Waals surface area contributed by atoms with Crippen LogP contribution in [0.4, 0.5) is 0 Å². The van der Waals surface area contributed by atoms with Crippen molar-refractivity contribution in [3.05, 3.63) is 35.4 Å². The van der Waals surface area contributed by atoms with Gasteiger partial charge in [-0.1, -0.05) is 31.2 Å². The van der Waals surface area contributed by atoms with Crippen LogP contribution >= 0.6 is 0 Å². The minimum absolute atomic E-state index is 0.0757. The Hall–Kier alpha value is -1.84. The van der Waals surface area contributed by atoms with Crippen molar-refractivity contribution in [2.45, 2.75) is 83.3 Å². The Morgan fingerprint density at radius 1 is 1.04 bits per heavy atom. The van der Waals surface area contributed by atoms with E-state index in [1.54, 1.807) is 6.92 Å². The third-order valence-corrected chi connectivity index (χ3v) is 6.79. The molecule has 0 aromatic heterocycles. The van der Waals surface area contributed by atoms with Gasteiger partial charge >= 0.3 is 0 Å². The summed E-state index contributed by atoms with van der Waals surface area (Å²) in [5.41, 5.74) is 2.46. The summed E-state index contributed by atoms with van der Waals surface area (Å²) >= 11 is 0. The first-order valence-electron chi connectivity index (χ1n) is 10.7. The molecule has 0 N–H and O–H groups in total. The van der Waals surface area contributed by atoms with Gasteiger partial charge in [0.25, 0.3) is 0 Å². The number of carbonyl (C=O) groups is 2. The third-order valence-electron chi connectivity index (χ3n) is 6.79. The molecular formula is C23H32N2O2. The first-order chi connectivity index (χ1) is 13.0. The normalized spacial score (nSPS) is 27.8. The van der Waals surface area contributed by atoms with Crippen molar-refractivity contribution in [2.75, 3.05) is 6.54 Å². The standard InChI is InChI=1S/C23H32N2O2/c1-16-7-9-19(10-8-16)25(20-11-12-20)23(27)15-22-21-6-4-3-5-18(21)13-14-24(22)17(2)26/h3-6,16,19-20,22H,7-15H2,1-2H3. The van der Waals surface area contributed by atoms with Crippen molar-refractivity contribution >= 4 is 11.8 Å². The van der Waals surface area contributed by atoms with Crippen LogP contribution in [0.15, 0.2) is 24.3 Å². The number of hydrogen-bond donors (Lipinski definition) is 0. The van der Waals surface area contributed by atoms with Gasteiger partial charge < -0.3 is 9.80 Å². The zero-order chi connectivity index (χ0) is 19.0. The van der Waals surface area contributed by atoms with E-state index in [0.717, 1.165) is 38.0 Å². The van der Waals surface area contributed by atoms with Crippen molar-refractivity contribution in [3.63, 3.8) is 0 Å². The molecule has 1 unspecified atom stereocenters. The van der Waals surface area contributed by atoms with Gasteiger partial charge in [0.1, 0.15) is 0 Å². The van der Waals surface area contributed by atoms with Crippen molar-refractivity contribution < 1.29 is 9.59 Å². The third kappa shape index (κ3) is 3.90. The number of nitrogens with zero attached hydrogens (tertiary/aromatic N) is 2. The van der Waals surface area contributed by atoms with Crippen LogP contribution in [0.3, 0.4) is 0 Å². The van der Waals surface area contributed by atoms with Crippen molar-refractivity contribution in [3.8, 4) is 0 Å². The van der Waals surface area contributed by atoms with Crippen molar-refractivity contribution in [2.24, 2.45) is 5.92 Å². The molecule has 27 heavy (non-hydrogen) atoms. The fourth-order valence-electron chi connectivity index (χ4n) is 5.10. The number of benzene rings is 1. The summed E-state index contributed by atoms with van der Waals surface area (Å²) in [6.07, 6.45) is 8.35. The molecule has 1 aromatic carbocycles. The van der Waals surface area contributed by atoms with Gasteiger partial charge in [0.15, 0.2) is 0 Å². The van der Waals surface area contributed by atoms with Gasteiger partial charge in [-0.25, -0.2) is 0 Å². The average Bonchev–Trinajstić information content (AvgIpc) is 3.48. The van der Waals surface area contributed by atoms with Crippen LogP contribution in [-0.4, -0.2) is 40.2 Å². The van der Waals surface area contributed by atoms with E-state index in [1.807, 2.05) is 11.0 Å². The van der Waals surface area contributed by atoms with Gasteiger partial charge in [-0.3, -0.25) is 9.59 Å². The van der Waals surface area contributed by atoms with Gasteiger partial charge in [-0.05, 0) is 62.0 Å². The van der Waals surface area contributed by atoms with Crippen LogP contribution in [0, 0.1) is 5.92 Å². The Bertz CT molecular complexity index is 704. The minimum Gasteiger partial charge on any atom is -0.337 e. The van der Waals surface area contributed by atoms with Gasteiger partial charge in [-0.2, -0.15) is 0 Å². The molecule has 3 aliphatic rings. The second kappa shape index (κ2) is 7.65. The smallest absolute Gasteiger partial charge is 0.225 e. The Kier molecular flexibility index (Phi) is 5.25. The maximum atomic E-state index is 13.4. The van der Waals surface area contributed by atoms with Crippen molar-refractivity contribution in [1.82, 2.24) is 9.80 Å². The summed E-state index contributed by atoms with van der Waals surface area (Å²) in [6.45, 7) is 4.67. The van der Waals surface area contributed by atoms with Crippen LogP contribution in [-0.2, 0) is 16.0 Å². The fraction of sp³-hybridized carbons (Fsp3) is 0.652. The molecule has 2 saturated carbocycles. The second-order valence-corrected chi connectivity index (χ2v) is 8.83. The quantitative estimate of drug-likeness (QED) is 0.803. The van der Waals surface area contributed by atoms with E-state index in [0.29, 0.717) is 25.0 Å². The average molecular weight is 369 g/mol. The van der Waals surface area contributed by atoms with Crippen LogP contribution in [0.2, 0.25) is 0 Å². The van der Waals surface area contributed by atoms with Gasteiger partial charge in [-0.15, -0.1) is 0 Å². The number of carbonyl (C=O) groups excluding carboxylic acids is 2. The van der Waals surface area contributed by atoms with Gasteiger partial charge in [0.05, 0.1) is 12.5 Å². The lowest BCUT2D eigenvalue weighted by atomic mass is 9.85. The molecule has 2 amide bonds. The predicted octanol–water partition coefficient (Wildman–Crippen LogP) is 4.09. The lowest BCUT2D eigenvalue weighted by molar-refractivity contribution is -0.139. The summed E-state index contributed by atoms with van der Waals surface area (Å²) in [7, 11) is 0. The molecule has 1 aliphatic heterocycles. The molecule has 0 bridgehead atoms. The summed E-state index contributed by atoms with van der Waals surface area (Å²) in [5.74, 6) is 1.12. The zero-order valence-corrected chi connectivity index (χ0v) is 16.7. The van der Waals surface area contributed by atoms with Crippen LogP contribution in [0.25, 0.3) is 0 Å². The highest BCUT2D eigenvalue weighted by Crippen LogP contribution is 2.38. The molecule has 1 heterocycles. The molecule has 1 atom stereocenters. The molecule has 146 valence electrons. The Morgan fingerprint density at radius 2 is 1.67 bits per heavy atom. The Balaban J connectivity index is 1.55. The molecule has 2 aliphatic carbocycles. The lowest BCUT2D eigenvalue weighted by Crippen LogP contribution is -2.46. The van der Waals surface area contributed by atoms with E-state index >= 15 is 0 Å². The van der Waals surface area contributed by atoms with Crippen LogP contribution < -0.4 is 0 Å². The van der Waals surface area contributed by atoms with Gasteiger partial charge in [0, 0.05) is 25.6 Å². The first-order valence-corrected chi connectivity index (χ1v) is 10.7. The molecular weight excluding hydrogens is 336 g/mol. The highest BCUT2D eigenvalue weighted by Gasteiger charge is 2.40. The molecule has 2 fully saturated rings. The van der Waals surface area contributed by atoms with E-state index in [4.69, 9.17) is 0 Å². The molecule has 0 spiro atoms. The van der Waals surface area contributed by atoms with E-state index in [9.17, 15) is 9.59 Å². The Morgan fingerprint density at radius 3 is 2.30 bits per heavy atom. The summed E-state index contributed by atoms with van der Waals surface area (Å²) < 4.78 is 0. The highest BCUT2D eigenvalue weighted by molar-refractivity contribution is 5.80. The fourth-order valence-corrected chi connectivity index (χ4v) is 5.10. The van der Waals surface area contributed by atoms with E-state index in [-0.39, 0.29) is 17.9 Å². The number of amides is 2. The highest BCUT2D eigenvalue weighted by atomic mass is 16.2. The lowest BCUT2D eigenvalue weighted by Gasteiger charge is -2.40. The van der Waals surface area contributed by atoms with E-state index in [2.05, 4.69) is 30.0 Å². The first kappa shape index (κ1) is 18.5. The minimum atomic E-state index is -0.108. The zero-order valence-electron chi connectivity index (χ0n) is 16.7. The molecule has 4 rings (SSSR count). The predicted molar refractivity (Wildman–Crippen MR) is 106 cm³/mol. The molecule has 4 nitrogen and oxygen atoms in total. The molecule has 1 aromatic rings. The molecule has 0 radical (unpaired) electrons. The number of rotatable bonds is 4. The number of hydrogen-bond acceptors (Lipinski definition) is 2. The largest absolute Gasteiger partial charge is 0.337 e. The SMILES string of the molecule is CC(=O)N1CCc2ccccc2C1CC(=O)N(C1CCC(C)CC1)C1CC1. The topological polar surface area (TPSA) is 40.6 Å². The molecule has 0 saturated heterocycles.